The van der Waals surface area contributed by atoms with Crippen LogP contribution in [0.4, 0.5) is 10.5 Å². The summed E-state index contributed by atoms with van der Waals surface area (Å²) in [6.07, 6.45) is 1.64. The second kappa shape index (κ2) is 7.00. The Hall–Kier alpha value is -3.42. The molecule has 0 radical (unpaired) electrons. The first-order chi connectivity index (χ1) is 12.0. The van der Waals surface area contributed by atoms with Crippen LogP contribution in [0.5, 0.6) is 0 Å². The Kier molecular flexibility index (Phi) is 4.60. The predicted molar refractivity (Wildman–Crippen MR) is 92.9 cm³/mol. The number of aromatic nitrogens is 3. The van der Waals surface area contributed by atoms with Crippen molar-refractivity contribution in [1.82, 2.24) is 19.5 Å². The molecule has 0 saturated heterocycles. The van der Waals surface area contributed by atoms with Crippen LogP contribution in [0.3, 0.4) is 0 Å². The van der Waals surface area contributed by atoms with Gasteiger partial charge in [-0.1, -0.05) is 18.2 Å². The van der Waals surface area contributed by atoms with E-state index in [9.17, 15) is 14.4 Å². The molecule has 0 aliphatic heterocycles. The number of hydrogen-bond acceptors (Lipinski definition) is 4. The van der Waals surface area contributed by atoms with Crippen LogP contribution in [0, 0.1) is 0 Å². The standard InChI is InChI=1S/C17H17N5O3/c1-12(23)13-5-4-6-14(11-13)19-16(24)18-8-10-22-17(25)21-9-3-2-7-15(21)20-22/h2-7,9,11H,8,10H2,1H3,(H2,18,19,24). The Bertz CT molecular complexity index is 989. The summed E-state index contributed by atoms with van der Waals surface area (Å²) in [6, 6.07) is 11.5. The number of rotatable bonds is 5. The number of pyridine rings is 1. The Balaban J connectivity index is 1.57. The molecule has 1 aromatic carbocycles. The molecule has 0 spiro atoms. The van der Waals surface area contributed by atoms with Gasteiger partial charge in [0.1, 0.15) is 0 Å². The normalized spacial score (nSPS) is 10.6. The predicted octanol–water partition coefficient (Wildman–Crippen LogP) is 1.52. The molecular weight excluding hydrogens is 322 g/mol. The number of nitrogens with zero attached hydrogens (tertiary/aromatic N) is 3. The van der Waals surface area contributed by atoms with Gasteiger partial charge >= 0.3 is 11.7 Å². The lowest BCUT2D eigenvalue weighted by Gasteiger charge is -2.08. The minimum absolute atomic E-state index is 0.0738. The fraction of sp³-hybridized carbons (Fsp3) is 0.176. The quantitative estimate of drug-likeness (QED) is 0.689. The van der Waals surface area contributed by atoms with Gasteiger partial charge in [0.15, 0.2) is 11.4 Å². The van der Waals surface area contributed by atoms with Crippen LogP contribution >= 0.6 is 0 Å². The van der Waals surface area contributed by atoms with Gasteiger partial charge < -0.3 is 10.6 Å². The number of Topliss-reactive ketones (excluding diaryl/α,β-unsaturated/α-hetero) is 1. The number of ketones is 1. The number of nitrogens with one attached hydrogen (secondary N) is 2. The summed E-state index contributed by atoms with van der Waals surface area (Å²) in [6.45, 7) is 1.95. The van der Waals surface area contributed by atoms with Crippen molar-refractivity contribution in [2.24, 2.45) is 0 Å². The SMILES string of the molecule is CC(=O)c1cccc(NC(=O)NCCn2nc3ccccn3c2=O)c1. The smallest absolute Gasteiger partial charge is 0.336 e. The highest BCUT2D eigenvalue weighted by Crippen LogP contribution is 2.10. The van der Waals surface area contributed by atoms with E-state index < -0.39 is 6.03 Å². The first kappa shape index (κ1) is 16.4. The molecule has 0 bridgehead atoms. The van der Waals surface area contributed by atoms with Crippen molar-refractivity contribution < 1.29 is 9.59 Å². The van der Waals surface area contributed by atoms with Gasteiger partial charge in [-0.25, -0.2) is 14.3 Å². The molecule has 8 heteroatoms. The molecular formula is C17H17N5O3. The number of fused-ring (bicyclic) bond motifs is 1. The van der Waals surface area contributed by atoms with Gasteiger partial charge in [0.05, 0.1) is 6.54 Å². The number of carbonyl (C=O) groups excluding carboxylic acids is 2. The van der Waals surface area contributed by atoms with Gasteiger partial charge in [0, 0.05) is 24.0 Å². The largest absolute Gasteiger partial charge is 0.350 e. The van der Waals surface area contributed by atoms with Crippen molar-refractivity contribution in [3.05, 3.63) is 64.7 Å². The monoisotopic (exact) mass is 339 g/mol. The molecule has 2 amide bonds. The van der Waals surface area contributed by atoms with E-state index >= 15 is 0 Å². The molecule has 128 valence electrons. The van der Waals surface area contributed by atoms with E-state index in [1.165, 1.54) is 16.0 Å². The van der Waals surface area contributed by atoms with E-state index in [2.05, 4.69) is 15.7 Å². The average molecular weight is 339 g/mol. The van der Waals surface area contributed by atoms with E-state index in [4.69, 9.17) is 0 Å². The number of anilines is 1. The second-order valence-electron chi connectivity index (χ2n) is 5.45. The van der Waals surface area contributed by atoms with Crippen molar-refractivity contribution in [3.63, 3.8) is 0 Å². The summed E-state index contributed by atoms with van der Waals surface area (Å²) < 4.78 is 2.74. The Labute approximate surface area is 143 Å². The topological polar surface area (TPSA) is 97.5 Å². The third-order valence-corrected chi connectivity index (χ3v) is 3.62. The van der Waals surface area contributed by atoms with Crippen LogP contribution in [-0.2, 0) is 6.54 Å². The lowest BCUT2D eigenvalue weighted by atomic mass is 10.1. The third kappa shape index (κ3) is 3.74. The number of benzene rings is 1. The lowest BCUT2D eigenvalue weighted by molar-refractivity contribution is 0.101. The molecule has 2 N–H and O–H groups in total. The maximum atomic E-state index is 12.1. The summed E-state index contributed by atoms with van der Waals surface area (Å²) in [7, 11) is 0. The van der Waals surface area contributed by atoms with Crippen LogP contribution in [0.1, 0.15) is 17.3 Å². The van der Waals surface area contributed by atoms with Gasteiger partial charge in [-0.15, -0.1) is 5.10 Å². The first-order valence-corrected chi connectivity index (χ1v) is 7.74. The summed E-state index contributed by atoms with van der Waals surface area (Å²) in [5.74, 6) is -0.0738. The molecule has 0 aliphatic rings. The zero-order valence-corrected chi connectivity index (χ0v) is 13.6. The van der Waals surface area contributed by atoms with E-state index in [1.54, 1.807) is 48.7 Å². The van der Waals surface area contributed by atoms with E-state index in [-0.39, 0.29) is 24.6 Å². The molecule has 0 fully saturated rings. The molecule has 0 atom stereocenters. The fourth-order valence-electron chi connectivity index (χ4n) is 2.38. The van der Waals surface area contributed by atoms with Gasteiger partial charge in [0.2, 0.25) is 0 Å². The van der Waals surface area contributed by atoms with Crippen LogP contribution in [0.15, 0.2) is 53.5 Å². The molecule has 2 heterocycles. The zero-order chi connectivity index (χ0) is 17.8. The molecule has 0 saturated carbocycles. The van der Waals surface area contributed by atoms with Crippen molar-refractivity contribution in [3.8, 4) is 0 Å². The van der Waals surface area contributed by atoms with Gasteiger partial charge in [-0.3, -0.25) is 9.20 Å². The molecule has 3 aromatic rings. The summed E-state index contributed by atoms with van der Waals surface area (Å²) in [5.41, 5.74) is 1.34. The molecule has 8 nitrogen and oxygen atoms in total. The highest BCUT2D eigenvalue weighted by atomic mass is 16.2. The van der Waals surface area contributed by atoms with Crippen LogP contribution in [-0.4, -0.2) is 32.5 Å². The highest BCUT2D eigenvalue weighted by Gasteiger charge is 2.07. The lowest BCUT2D eigenvalue weighted by Crippen LogP contribution is -2.34. The summed E-state index contributed by atoms with van der Waals surface area (Å²) >= 11 is 0. The number of urea groups is 1. The number of carbonyl (C=O) groups is 2. The van der Waals surface area contributed by atoms with Crippen molar-refractivity contribution in [2.75, 3.05) is 11.9 Å². The van der Waals surface area contributed by atoms with Gasteiger partial charge in [0.25, 0.3) is 0 Å². The first-order valence-electron chi connectivity index (χ1n) is 7.74. The molecule has 3 rings (SSSR count). The van der Waals surface area contributed by atoms with Crippen LogP contribution in [0.25, 0.3) is 5.65 Å². The maximum Gasteiger partial charge on any atom is 0.350 e. The Morgan fingerprint density at radius 3 is 2.76 bits per heavy atom. The Morgan fingerprint density at radius 2 is 2.00 bits per heavy atom. The zero-order valence-electron chi connectivity index (χ0n) is 13.6. The molecule has 25 heavy (non-hydrogen) atoms. The van der Waals surface area contributed by atoms with Gasteiger partial charge in [-0.05, 0) is 31.2 Å². The summed E-state index contributed by atoms with van der Waals surface area (Å²) in [4.78, 5) is 35.4. The van der Waals surface area contributed by atoms with Crippen molar-refractivity contribution in [1.29, 1.82) is 0 Å². The van der Waals surface area contributed by atoms with E-state index in [1.807, 2.05) is 0 Å². The molecule has 2 aromatic heterocycles. The number of amides is 2. The van der Waals surface area contributed by atoms with E-state index in [0.29, 0.717) is 16.9 Å². The van der Waals surface area contributed by atoms with Gasteiger partial charge in [-0.2, -0.15) is 0 Å². The Morgan fingerprint density at radius 1 is 1.16 bits per heavy atom. The minimum atomic E-state index is -0.419. The molecule has 0 unspecified atom stereocenters. The second-order valence-corrected chi connectivity index (χ2v) is 5.45. The third-order valence-electron chi connectivity index (χ3n) is 3.62. The van der Waals surface area contributed by atoms with Crippen LogP contribution < -0.4 is 16.3 Å². The van der Waals surface area contributed by atoms with Crippen molar-refractivity contribution >= 4 is 23.1 Å². The number of hydrogen-bond donors (Lipinski definition) is 2. The highest BCUT2D eigenvalue weighted by molar-refractivity contribution is 5.96. The minimum Gasteiger partial charge on any atom is -0.336 e. The van der Waals surface area contributed by atoms with Crippen LogP contribution in [0.2, 0.25) is 0 Å². The fourth-order valence-corrected chi connectivity index (χ4v) is 2.38. The average Bonchev–Trinajstić information content (AvgIpc) is 2.91. The van der Waals surface area contributed by atoms with E-state index in [0.717, 1.165) is 0 Å². The maximum absolute atomic E-state index is 12.1. The molecule has 0 aliphatic carbocycles. The van der Waals surface area contributed by atoms with Crippen molar-refractivity contribution in [2.45, 2.75) is 13.5 Å². The summed E-state index contributed by atoms with van der Waals surface area (Å²) in [5, 5.41) is 9.49.